The van der Waals surface area contributed by atoms with Gasteiger partial charge in [-0.1, -0.05) is 6.07 Å². The zero-order chi connectivity index (χ0) is 9.97. The Kier molecular flexibility index (Phi) is 4.32. The minimum absolute atomic E-state index is 0. The molecule has 0 aliphatic carbocycles. The topological polar surface area (TPSA) is 47.3 Å². The molecule has 0 radical (unpaired) electrons. The quantitative estimate of drug-likeness (QED) is 0.722. The standard InChI is InChI=1S/C10H13FN2O.ClH/c11-9-5-7(12)1-2-8(9)10-6-13-3-4-14-10;/h1-2,5,10,13H,3-4,6,12H2;1H/t10-;/m0./s1. The highest BCUT2D eigenvalue weighted by atomic mass is 35.5. The Labute approximate surface area is 94.2 Å². The van der Waals surface area contributed by atoms with E-state index in [9.17, 15) is 4.39 Å². The van der Waals surface area contributed by atoms with E-state index in [0.717, 1.165) is 6.54 Å². The van der Waals surface area contributed by atoms with Crippen LogP contribution < -0.4 is 11.1 Å². The summed E-state index contributed by atoms with van der Waals surface area (Å²) in [6.07, 6.45) is -0.190. The molecule has 1 aromatic rings. The van der Waals surface area contributed by atoms with Crippen LogP contribution in [0.4, 0.5) is 10.1 Å². The first-order valence-corrected chi connectivity index (χ1v) is 4.64. The van der Waals surface area contributed by atoms with Crippen LogP contribution >= 0.6 is 12.4 Å². The summed E-state index contributed by atoms with van der Waals surface area (Å²) in [5.74, 6) is -0.293. The van der Waals surface area contributed by atoms with Crippen molar-refractivity contribution in [3.8, 4) is 0 Å². The van der Waals surface area contributed by atoms with Gasteiger partial charge in [0.1, 0.15) is 5.82 Å². The summed E-state index contributed by atoms with van der Waals surface area (Å²) < 4.78 is 18.9. The fraction of sp³-hybridized carbons (Fsp3) is 0.400. The molecular weight excluding hydrogens is 219 g/mol. The zero-order valence-electron chi connectivity index (χ0n) is 8.20. The molecule has 0 bridgehead atoms. The van der Waals surface area contributed by atoms with Crippen molar-refractivity contribution >= 4 is 18.1 Å². The van der Waals surface area contributed by atoms with E-state index in [2.05, 4.69) is 5.32 Å². The van der Waals surface area contributed by atoms with E-state index >= 15 is 0 Å². The van der Waals surface area contributed by atoms with Gasteiger partial charge in [-0.15, -0.1) is 12.4 Å². The van der Waals surface area contributed by atoms with Crippen molar-refractivity contribution in [2.75, 3.05) is 25.4 Å². The van der Waals surface area contributed by atoms with Gasteiger partial charge in [0, 0.05) is 24.3 Å². The lowest BCUT2D eigenvalue weighted by Crippen LogP contribution is -2.33. The predicted octanol–water partition coefficient (Wildman–Crippen LogP) is 1.49. The lowest BCUT2D eigenvalue weighted by Gasteiger charge is -2.24. The van der Waals surface area contributed by atoms with E-state index in [1.165, 1.54) is 6.07 Å². The molecule has 1 atom stereocenters. The molecule has 0 spiro atoms. The molecular formula is C10H14ClFN2O. The lowest BCUT2D eigenvalue weighted by molar-refractivity contribution is 0.0255. The van der Waals surface area contributed by atoms with Crippen LogP contribution in [0.2, 0.25) is 0 Å². The second-order valence-corrected chi connectivity index (χ2v) is 3.34. The second kappa shape index (κ2) is 5.30. The van der Waals surface area contributed by atoms with Crippen LogP contribution in [0.1, 0.15) is 11.7 Å². The third kappa shape index (κ3) is 2.81. The minimum Gasteiger partial charge on any atom is -0.399 e. The number of nitrogens with two attached hydrogens (primary N) is 1. The highest BCUT2D eigenvalue weighted by Crippen LogP contribution is 2.23. The summed E-state index contributed by atoms with van der Waals surface area (Å²) in [6.45, 7) is 2.10. The summed E-state index contributed by atoms with van der Waals surface area (Å²) in [5, 5.41) is 3.15. The summed E-state index contributed by atoms with van der Waals surface area (Å²) in [4.78, 5) is 0. The molecule has 1 aliphatic heterocycles. The van der Waals surface area contributed by atoms with Gasteiger partial charge >= 0.3 is 0 Å². The van der Waals surface area contributed by atoms with Crippen LogP contribution in [0.15, 0.2) is 18.2 Å². The Balaban J connectivity index is 0.00000112. The van der Waals surface area contributed by atoms with Crippen LogP contribution in [0.3, 0.4) is 0 Å². The first kappa shape index (κ1) is 12.2. The molecule has 0 aromatic heterocycles. The summed E-state index contributed by atoms with van der Waals surface area (Å²) in [5.41, 5.74) is 6.48. The molecule has 3 nitrogen and oxygen atoms in total. The van der Waals surface area contributed by atoms with Gasteiger partial charge in [-0.3, -0.25) is 0 Å². The first-order valence-electron chi connectivity index (χ1n) is 4.64. The van der Waals surface area contributed by atoms with E-state index in [1.807, 2.05) is 0 Å². The Hall–Kier alpha value is -0.840. The smallest absolute Gasteiger partial charge is 0.131 e. The number of nitrogens with one attached hydrogen (secondary N) is 1. The van der Waals surface area contributed by atoms with Crippen molar-refractivity contribution in [2.24, 2.45) is 0 Å². The van der Waals surface area contributed by atoms with Crippen molar-refractivity contribution in [3.63, 3.8) is 0 Å². The molecule has 0 saturated carbocycles. The highest BCUT2D eigenvalue weighted by molar-refractivity contribution is 5.85. The molecule has 1 saturated heterocycles. The number of anilines is 1. The van der Waals surface area contributed by atoms with Gasteiger partial charge in [-0.2, -0.15) is 0 Å². The Morgan fingerprint density at radius 2 is 2.27 bits per heavy atom. The molecule has 5 heteroatoms. The van der Waals surface area contributed by atoms with Crippen LogP contribution in [-0.2, 0) is 4.74 Å². The maximum Gasteiger partial charge on any atom is 0.131 e. The van der Waals surface area contributed by atoms with E-state index in [-0.39, 0.29) is 24.3 Å². The van der Waals surface area contributed by atoms with Crippen LogP contribution in [-0.4, -0.2) is 19.7 Å². The van der Waals surface area contributed by atoms with Crippen molar-refractivity contribution in [1.29, 1.82) is 0 Å². The van der Waals surface area contributed by atoms with Crippen LogP contribution in [0.25, 0.3) is 0 Å². The van der Waals surface area contributed by atoms with Gasteiger partial charge in [-0.25, -0.2) is 4.39 Å². The molecule has 1 aromatic carbocycles. The van der Waals surface area contributed by atoms with Crippen molar-refractivity contribution in [2.45, 2.75) is 6.10 Å². The zero-order valence-corrected chi connectivity index (χ0v) is 9.02. The van der Waals surface area contributed by atoms with Crippen molar-refractivity contribution in [1.82, 2.24) is 5.32 Å². The second-order valence-electron chi connectivity index (χ2n) is 3.34. The first-order chi connectivity index (χ1) is 6.77. The monoisotopic (exact) mass is 232 g/mol. The normalized spacial score (nSPS) is 20.7. The predicted molar refractivity (Wildman–Crippen MR) is 59.6 cm³/mol. The number of morpholine rings is 1. The SMILES string of the molecule is Cl.Nc1ccc([C@@H]2CNCCO2)c(F)c1. The van der Waals surface area contributed by atoms with Gasteiger partial charge in [-0.05, 0) is 12.1 Å². The van der Waals surface area contributed by atoms with E-state index in [4.69, 9.17) is 10.5 Å². The number of hydrogen-bond acceptors (Lipinski definition) is 3. The van der Waals surface area contributed by atoms with Crippen LogP contribution in [0.5, 0.6) is 0 Å². The average Bonchev–Trinajstić information content (AvgIpc) is 2.19. The fourth-order valence-corrected chi connectivity index (χ4v) is 1.57. The molecule has 1 heterocycles. The Morgan fingerprint density at radius 3 is 2.87 bits per heavy atom. The molecule has 2 rings (SSSR count). The molecule has 1 fully saturated rings. The fourth-order valence-electron chi connectivity index (χ4n) is 1.57. The number of benzene rings is 1. The summed E-state index contributed by atoms with van der Waals surface area (Å²) in [7, 11) is 0. The third-order valence-electron chi connectivity index (χ3n) is 2.30. The lowest BCUT2D eigenvalue weighted by atomic mass is 10.1. The number of halogens is 2. The number of hydrogen-bond donors (Lipinski definition) is 2. The molecule has 3 N–H and O–H groups in total. The maximum absolute atomic E-state index is 13.4. The molecule has 1 aliphatic rings. The third-order valence-corrected chi connectivity index (χ3v) is 2.30. The summed E-state index contributed by atoms with van der Waals surface area (Å²) in [6, 6.07) is 4.70. The highest BCUT2D eigenvalue weighted by Gasteiger charge is 2.18. The minimum atomic E-state index is -0.293. The van der Waals surface area contributed by atoms with Gasteiger partial charge in [0.2, 0.25) is 0 Å². The van der Waals surface area contributed by atoms with E-state index in [0.29, 0.717) is 24.4 Å². The molecule has 84 valence electrons. The number of ether oxygens (including phenoxy) is 1. The van der Waals surface area contributed by atoms with E-state index in [1.54, 1.807) is 12.1 Å². The number of rotatable bonds is 1. The molecule has 15 heavy (non-hydrogen) atoms. The average molecular weight is 233 g/mol. The van der Waals surface area contributed by atoms with Gasteiger partial charge in [0.15, 0.2) is 0 Å². The summed E-state index contributed by atoms with van der Waals surface area (Å²) >= 11 is 0. The van der Waals surface area contributed by atoms with Gasteiger partial charge in [0.25, 0.3) is 0 Å². The van der Waals surface area contributed by atoms with Gasteiger partial charge < -0.3 is 15.8 Å². The Bertz CT molecular complexity index is 329. The number of nitrogen functional groups attached to an aromatic ring is 1. The Morgan fingerprint density at radius 1 is 1.47 bits per heavy atom. The van der Waals surface area contributed by atoms with E-state index < -0.39 is 0 Å². The molecule has 0 unspecified atom stereocenters. The van der Waals surface area contributed by atoms with Crippen molar-refractivity contribution in [3.05, 3.63) is 29.6 Å². The molecule has 0 amide bonds. The largest absolute Gasteiger partial charge is 0.399 e. The van der Waals surface area contributed by atoms with Gasteiger partial charge in [0.05, 0.1) is 12.7 Å². The maximum atomic E-state index is 13.4. The van der Waals surface area contributed by atoms with Crippen LogP contribution in [0, 0.1) is 5.82 Å². The van der Waals surface area contributed by atoms with Crippen molar-refractivity contribution < 1.29 is 9.13 Å².